The first-order chi connectivity index (χ1) is 13.9. The Kier molecular flexibility index (Phi) is 9.55. The molecule has 4 nitrogen and oxygen atoms in total. The van der Waals surface area contributed by atoms with Gasteiger partial charge in [-0.1, -0.05) is 54.9 Å². The molecule has 1 atom stereocenters. The smallest absolute Gasteiger partial charge is 0.242 e. The highest BCUT2D eigenvalue weighted by Crippen LogP contribution is 2.19. The van der Waals surface area contributed by atoms with Crippen molar-refractivity contribution in [1.82, 2.24) is 10.2 Å². The number of nitrogens with zero attached hydrogens (tertiary/aromatic N) is 1. The topological polar surface area (TPSA) is 49.4 Å². The van der Waals surface area contributed by atoms with Crippen LogP contribution in [0.5, 0.6) is 0 Å². The molecule has 156 valence electrons. The van der Waals surface area contributed by atoms with Crippen molar-refractivity contribution in [3.8, 4) is 0 Å². The summed E-state index contributed by atoms with van der Waals surface area (Å²) in [7, 11) is 0. The normalized spacial score (nSPS) is 11.7. The summed E-state index contributed by atoms with van der Waals surface area (Å²) in [5.74, 6) is 0.845. The molecule has 0 saturated heterocycles. The molecule has 6 heteroatoms. The maximum Gasteiger partial charge on any atom is 0.242 e. The van der Waals surface area contributed by atoms with Crippen molar-refractivity contribution < 1.29 is 9.59 Å². The minimum atomic E-state index is -0.527. The van der Waals surface area contributed by atoms with Crippen LogP contribution >= 0.6 is 23.4 Å². The van der Waals surface area contributed by atoms with Crippen molar-refractivity contribution in [3.63, 3.8) is 0 Å². The van der Waals surface area contributed by atoms with Gasteiger partial charge in [-0.05, 0) is 49.1 Å². The molecule has 0 bridgehead atoms. The summed E-state index contributed by atoms with van der Waals surface area (Å²) in [6, 6.07) is 15.1. The molecule has 0 unspecified atom stereocenters. The number of carbonyl (C=O) groups is 2. The van der Waals surface area contributed by atoms with Crippen molar-refractivity contribution >= 4 is 35.2 Å². The molecule has 29 heavy (non-hydrogen) atoms. The minimum absolute atomic E-state index is 0.0422. The van der Waals surface area contributed by atoms with E-state index in [0.29, 0.717) is 29.6 Å². The highest BCUT2D eigenvalue weighted by Gasteiger charge is 2.26. The fourth-order valence-corrected chi connectivity index (χ4v) is 3.99. The van der Waals surface area contributed by atoms with Crippen LogP contribution < -0.4 is 5.32 Å². The Bertz CT molecular complexity index is 828. The second-order valence-electron chi connectivity index (χ2n) is 7.04. The van der Waals surface area contributed by atoms with Gasteiger partial charge in [0.15, 0.2) is 0 Å². The van der Waals surface area contributed by atoms with E-state index in [0.717, 1.165) is 23.1 Å². The van der Waals surface area contributed by atoms with E-state index in [2.05, 4.69) is 5.32 Å². The van der Waals surface area contributed by atoms with Gasteiger partial charge in [-0.2, -0.15) is 0 Å². The number of nitrogens with one attached hydrogen (secondary N) is 1. The fraction of sp³-hybridized carbons (Fsp3) is 0.391. The number of amides is 2. The largest absolute Gasteiger partial charge is 0.354 e. The van der Waals surface area contributed by atoms with Crippen LogP contribution in [0, 0.1) is 6.92 Å². The number of benzene rings is 2. The lowest BCUT2D eigenvalue weighted by Gasteiger charge is -2.29. The second kappa shape index (κ2) is 11.9. The third-order valence-corrected chi connectivity index (χ3v) is 5.93. The number of aryl methyl sites for hydroxylation is 1. The molecule has 1 N–H and O–H groups in total. The number of carbonyl (C=O) groups excluding carboxylic acids is 2. The first-order valence-electron chi connectivity index (χ1n) is 9.86. The Labute approximate surface area is 183 Å². The SMILES string of the molecule is CCCNC(=O)[C@H](C)N(Cc1ccccc1C)C(=O)CSCc1cccc(Cl)c1. The summed E-state index contributed by atoms with van der Waals surface area (Å²) in [5.41, 5.74) is 3.24. The lowest BCUT2D eigenvalue weighted by Crippen LogP contribution is -2.48. The van der Waals surface area contributed by atoms with Gasteiger partial charge >= 0.3 is 0 Å². The molecule has 2 aromatic rings. The zero-order chi connectivity index (χ0) is 21.2. The van der Waals surface area contributed by atoms with Gasteiger partial charge in [0, 0.05) is 23.9 Å². The number of hydrogen-bond acceptors (Lipinski definition) is 3. The minimum Gasteiger partial charge on any atom is -0.354 e. The Hall–Kier alpha value is -1.98. The molecule has 0 aliphatic carbocycles. The molecule has 0 heterocycles. The number of hydrogen-bond donors (Lipinski definition) is 1. The summed E-state index contributed by atoms with van der Waals surface area (Å²) in [6.07, 6.45) is 0.861. The molecular formula is C23H29ClN2O2S. The predicted octanol–water partition coefficient (Wildman–Crippen LogP) is 4.83. The Morgan fingerprint density at radius 1 is 1.17 bits per heavy atom. The van der Waals surface area contributed by atoms with Crippen LogP contribution in [0.2, 0.25) is 5.02 Å². The maximum atomic E-state index is 13.0. The van der Waals surface area contributed by atoms with Gasteiger partial charge in [-0.3, -0.25) is 9.59 Å². The summed E-state index contributed by atoms with van der Waals surface area (Å²) in [5, 5.41) is 3.59. The highest BCUT2D eigenvalue weighted by atomic mass is 35.5. The van der Waals surface area contributed by atoms with Crippen LogP contribution in [0.25, 0.3) is 0 Å². The zero-order valence-electron chi connectivity index (χ0n) is 17.3. The molecule has 0 aliphatic heterocycles. The summed E-state index contributed by atoms with van der Waals surface area (Å²) in [6.45, 7) is 6.85. The van der Waals surface area contributed by atoms with Gasteiger partial charge in [-0.15, -0.1) is 11.8 Å². The summed E-state index contributed by atoms with van der Waals surface area (Å²) < 4.78 is 0. The van der Waals surface area contributed by atoms with Crippen LogP contribution in [0.15, 0.2) is 48.5 Å². The lowest BCUT2D eigenvalue weighted by molar-refractivity contribution is -0.138. The maximum absolute atomic E-state index is 13.0. The Balaban J connectivity index is 2.07. The highest BCUT2D eigenvalue weighted by molar-refractivity contribution is 7.99. The number of rotatable bonds is 10. The van der Waals surface area contributed by atoms with E-state index in [9.17, 15) is 9.59 Å². The molecule has 0 aliphatic rings. The third kappa shape index (κ3) is 7.41. The molecule has 0 aromatic heterocycles. The van der Waals surface area contributed by atoms with E-state index in [1.165, 1.54) is 11.8 Å². The average molecular weight is 433 g/mol. The molecule has 0 spiro atoms. The van der Waals surface area contributed by atoms with E-state index in [-0.39, 0.29) is 11.8 Å². The predicted molar refractivity (Wildman–Crippen MR) is 122 cm³/mol. The second-order valence-corrected chi connectivity index (χ2v) is 8.46. The van der Waals surface area contributed by atoms with Gasteiger partial charge in [0.1, 0.15) is 6.04 Å². The third-order valence-electron chi connectivity index (χ3n) is 4.70. The van der Waals surface area contributed by atoms with E-state index < -0.39 is 6.04 Å². The van der Waals surface area contributed by atoms with Crippen LogP contribution in [-0.4, -0.2) is 35.1 Å². The van der Waals surface area contributed by atoms with Crippen LogP contribution in [0.3, 0.4) is 0 Å². The number of halogens is 1. The molecule has 2 aromatic carbocycles. The Morgan fingerprint density at radius 2 is 1.93 bits per heavy atom. The van der Waals surface area contributed by atoms with Gasteiger partial charge < -0.3 is 10.2 Å². The van der Waals surface area contributed by atoms with Crippen molar-refractivity contribution in [3.05, 3.63) is 70.2 Å². The van der Waals surface area contributed by atoms with E-state index in [1.54, 1.807) is 11.8 Å². The summed E-state index contributed by atoms with van der Waals surface area (Å²) >= 11 is 7.56. The standard InChI is InChI=1S/C23H29ClN2O2S/c1-4-12-25-23(28)18(3)26(14-20-10-6-5-8-17(20)2)22(27)16-29-15-19-9-7-11-21(24)13-19/h5-11,13,18H,4,12,14-16H2,1-3H3,(H,25,28)/t18-/m0/s1. The van der Waals surface area contributed by atoms with Crippen LogP contribution in [-0.2, 0) is 21.9 Å². The van der Waals surface area contributed by atoms with Crippen LogP contribution in [0.1, 0.15) is 37.0 Å². The fourth-order valence-electron chi connectivity index (χ4n) is 2.92. The molecule has 0 radical (unpaired) electrons. The van der Waals surface area contributed by atoms with Crippen LogP contribution in [0.4, 0.5) is 0 Å². The molecule has 0 saturated carbocycles. The van der Waals surface area contributed by atoms with Crippen molar-refractivity contribution in [2.24, 2.45) is 0 Å². The first kappa shape index (κ1) is 23.3. The summed E-state index contributed by atoms with van der Waals surface area (Å²) in [4.78, 5) is 27.2. The van der Waals surface area contributed by atoms with Crippen molar-refractivity contribution in [2.45, 2.75) is 45.5 Å². The first-order valence-corrected chi connectivity index (χ1v) is 11.4. The Morgan fingerprint density at radius 3 is 2.62 bits per heavy atom. The lowest BCUT2D eigenvalue weighted by atomic mass is 10.1. The van der Waals surface area contributed by atoms with E-state index >= 15 is 0 Å². The molecule has 2 amide bonds. The van der Waals surface area contributed by atoms with E-state index in [4.69, 9.17) is 11.6 Å². The molecular weight excluding hydrogens is 404 g/mol. The van der Waals surface area contributed by atoms with E-state index in [1.807, 2.05) is 62.4 Å². The average Bonchev–Trinajstić information content (AvgIpc) is 2.71. The monoisotopic (exact) mass is 432 g/mol. The number of thioether (sulfide) groups is 1. The van der Waals surface area contributed by atoms with Gasteiger partial charge in [0.05, 0.1) is 5.75 Å². The van der Waals surface area contributed by atoms with Gasteiger partial charge in [0.2, 0.25) is 11.8 Å². The van der Waals surface area contributed by atoms with Gasteiger partial charge in [0.25, 0.3) is 0 Å². The quantitative estimate of drug-likeness (QED) is 0.585. The van der Waals surface area contributed by atoms with Crippen molar-refractivity contribution in [2.75, 3.05) is 12.3 Å². The molecule has 0 fully saturated rings. The zero-order valence-corrected chi connectivity index (χ0v) is 18.9. The van der Waals surface area contributed by atoms with Gasteiger partial charge in [-0.25, -0.2) is 0 Å². The molecule has 2 rings (SSSR count). The van der Waals surface area contributed by atoms with Crippen molar-refractivity contribution in [1.29, 1.82) is 0 Å².